The van der Waals surface area contributed by atoms with Crippen LogP contribution in [0.15, 0.2) is 12.4 Å². The molecule has 1 aromatic rings. The monoisotopic (exact) mass is 289 g/mol. The van der Waals surface area contributed by atoms with Gasteiger partial charge in [0.2, 0.25) is 0 Å². The van der Waals surface area contributed by atoms with Crippen LogP contribution in [-0.2, 0) is 0 Å². The molecule has 2 atom stereocenters. The Morgan fingerprint density at radius 3 is 2.70 bits per heavy atom. The summed E-state index contributed by atoms with van der Waals surface area (Å²) >= 11 is 0. The zero-order valence-corrected chi connectivity index (χ0v) is 10.8. The van der Waals surface area contributed by atoms with Crippen molar-refractivity contribution in [2.45, 2.75) is 38.1 Å². The van der Waals surface area contributed by atoms with Gasteiger partial charge in [-0.1, -0.05) is 0 Å². The Morgan fingerprint density at radius 2 is 2.15 bits per heavy atom. The minimum Gasteiger partial charge on any atom is -0.382 e. The normalized spacial score (nSPS) is 21.1. The SMILES string of the molecule is Cc1cnc(C(=O)N2CCC[C@H]2[C@@H](O)C(F)(F)F)cn1. The number of amides is 1. The lowest BCUT2D eigenvalue weighted by atomic mass is 10.1. The van der Waals surface area contributed by atoms with Gasteiger partial charge in [-0.3, -0.25) is 9.78 Å². The van der Waals surface area contributed by atoms with Crippen molar-refractivity contribution in [1.82, 2.24) is 14.9 Å². The Balaban J connectivity index is 2.18. The summed E-state index contributed by atoms with van der Waals surface area (Å²) in [5, 5.41) is 9.34. The Bertz CT molecular complexity index is 490. The third-order valence-corrected chi connectivity index (χ3v) is 3.26. The van der Waals surface area contributed by atoms with E-state index in [1.54, 1.807) is 6.92 Å². The maximum absolute atomic E-state index is 12.6. The van der Waals surface area contributed by atoms with Crippen LogP contribution in [0.1, 0.15) is 29.0 Å². The first-order valence-corrected chi connectivity index (χ1v) is 6.15. The number of nitrogens with zero attached hydrogens (tertiary/aromatic N) is 3. The van der Waals surface area contributed by atoms with E-state index in [0.29, 0.717) is 12.1 Å². The summed E-state index contributed by atoms with van der Waals surface area (Å²) in [6.45, 7) is 1.86. The van der Waals surface area contributed by atoms with Crippen LogP contribution in [0.4, 0.5) is 13.2 Å². The van der Waals surface area contributed by atoms with Gasteiger partial charge in [-0.05, 0) is 19.8 Å². The molecule has 110 valence electrons. The fourth-order valence-corrected chi connectivity index (χ4v) is 2.24. The quantitative estimate of drug-likeness (QED) is 0.891. The molecule has 8 heteroatoms. The Morgan fingerprint density at radius 1 is 1.45 bits per heavy atom. The molecule has 0 unspecified atom stereocenters. The van der Waals surface area contributed by atoms with Crippen LogP contribution in [0.5, 0.6) is 0 Å². The largest absolute Gasteiger partial charge is 0.416 e. The summed E-state index contributed by atoms with van der Waals surface area (Å²) in [5.41, 5.74) is 0.590. The molecule has 2 rings (SSSR count). The van der Waals surface area contributed by atoms with E-state index in [1.807, 2.05) is 0 Å². The molecule has 0 bridgehead atoms. The molecule has 0 radical (unpaired) electrons. The van der Waals surface area contributed by atoms with Crippen molar-refractivity contribution in [3.05, 3.63) is 23.8 Å². The van der Waals surface area contributed by atoms with Crippen molar-refractivity contribution in [1.29, 1.82) is 0 Å². The third-order valence-electron chi connectivity index (χ3n) is 3.26. The second-order valence-electron chi connectivity index (χ2n) is 4.74. The van der Waals surface area contributed by atoms with Crippen LogP contribution in [0.25, 0.3) is 0 Å². The van der Waals surface area contributed by atoms with Crippen LogP contribution >= 0.6 is 0 Å². The molecule has 1 aliphatic rings. The van der Waals surface area contributed by atoms with Crippen LogP contribution in [0, 0.1) is 6.92 Å². The summed E-state index contributed by atoms with van der Waals surface area (Å²) in [7, 11) is 0. The van der Waals surface area contributed by atoms with E-state index >= 15 is 0 Å². The fourth-order valence-electron chi connectivity index (χ4n) is 2.24. The molecular formula is C12H14F3N3O2. The number of carbonyl (C=O) groups excluding carboxylic acids is 1. The zero-order valence-electron chi connectivity index (χ0n) is 10.8. The molecule has 1 fully saturated rings. The van der Waals surface area contributed by atoms with Crippen LogP contribution in [0.2, 0.25) is 0 Å². The minimum absolute atomic E-state index is 0.0168. The number of likely N-dealkylation sites (tertiary alicyclic amines) is 1. The van der Waals surface area contributed by atoms with Gasteiger partial charge >= 0.3 is 6.18 Å². The van der Waals surface area contributed by atoms with E-state index in [9.17, 15) is 23.1 Å². The van der Waals surface area contributed by atoms with E-state index in [4.69, 9.17) is 0 Å². The molecule has 0 saturated carbocycles. The molecular weight excluding hydrogens is 275 g/mol. The van der Waals surface area contributed by atoms with E-state index in [0.717, 1.165) is 4.90 Å². The average molecular weight is 289 g/mol. The molecule has 2 heterocycles. The number of aromatic nitrogens is 2. The van der Waals surface area contributed by atoms with E-state index in [2.05, 4.69) is 9.97 Å². The van der Waals surface area contributed by atoms with E-state index in [1.165, 1.54) is 12.4 Å². The smallest absolute Gasteiger partial charge is 0.382 e. The Labute approximate surface area is 113 Å². The number of carbonyl (C=O) groups is 1. The number of aliphatic hydroxyl groups excluding tert-OH is 1. The molecule has 1 amide bonds. The van der Waals surface area contributed by atoms with Crippen LogP contribution in [-0.4, -0.2) is 50.7 Å². The van der Waals surface area contributed by atoms with Gasteiger partial charge in [0.05, 0.1) is 17.9 Å². The molecule has 5 nitrogen and oxygen atoms in total. The average Bonchev–Trinajstić information content (AvgIpc) is 2.85. The number of aryl methyl sites for hydroxylation is 1. The number of hydrogen-bond acceptors (Lipinski definition) is 4. The first-order valence-electron chi connectivity index (χ1n) is 6.15. The number of halogens is 3. The summed E-state index contributed by atoms with van der Waals surface area (Å²) in [6.07, 6.45) is -4.14. The standard InChI is InChI=1S/C12H14F3N3O2/c1-7-5-17-8(6-16-7)11(20)18-4-2-3-9(18)10(19)12(13,14)15/h5-6,9-10,19H,2-4H2,1H3/t9-,10+/m0/s1. The van der Waals surface area contributed by atoms with Crippen molar-refractivity contribution < 1.29 is 23.1 Å². The van der Waals surface area contributed by atoms with Crippen molar-refractivity contribution in [3.63, 3.8) is 0 Å². The highest BCUT2D eigenvalue weighted by Gasteiger charge is 2.48. The van der Waals surface area contributed by atoms with Crippen LogP contribution < -0.4 is 0 Å². The molecule has 1 aliphatic heterocycles. The van der Waals surface area contributed by atoms with Gasteiger partial charge in [0.25, 0.3) is 5.91 Å². The molecule has 1 saturated heterocycles. The summed E-state index contributed by atoms with van der Waals surface area (Å²) in [6, 6.07) is -1.26. The lowest BCUT2D eigenvalue weighted by Gasteiger charge is -2.29. The van der Waals surface area contributed by atoms with Gasteiger partial charge in [-0.25, -0.2) is 4.98 Å². The number of rotatable bonds is 2. The third kappa shape index (κ3) is 2.90. The predicted octanol–water partition coefficient (Wildman–Crippen LogP) is 1.31. The summed E-state index contributed by atoms with van der Waals surface area (Å²) < 4.78 is 37.7. The van der Waals surface area contributed by atoms with Gasteiger partial charge in [0, 0.05) is 12.7 Å². The highest BCUT2D eigenvalue weighted by atomic mass is 19.4. The molecule has 1 N–H and O–H groups in total. The highest BCUT2D eigenvalue weighted by Crippen LogP contribution is 2.31. The van der Waals surface area contributed by atoms with Crippen molar-refractivity contribution in [2.24, 2.45) is 0 Å². The molecule has 0 spiro atoms. The van der Waals surface area contributed by atoms with Gasteiger partial charge in [-0.2, -0.15) is 13.2 Å². The number of aliphatic hydroxyl groups is 1. The first-order chi connectivity index (χ1) is 9.30. The van der Waals surface area contributed by atoms with Gasteiger partial charge in [-0.15, -0.1) is 0 Å². The van der Waals surface area contributed by atoms with Gasteiger partial charge < -0.3 is 10.0 Å². The van der Waals surface area contributed by atoms with Crippen molar-refractivity contribution in [2.75, 3.05) is 6.54 Å². The molecule has 20 heavy (non-hydrogen) atoms. The second kappa shape index (κ2) is 5.35. The van der Waals surface area contributed by atoms with Crippen LogP contribution in [0.3, 0.4) is 0 Å². The second-order valence-corrected chi connectivity index (χ2v) is 4.74. The van der Waals surface area contributed by atoms with E-state index < -0.39 is 24.2 Å². The van der Waals surface area contributed by atoms with Crippen molar-refractivity contribution >= 4 is 5.91 Å². The first kappa shape index (κ1) is 14.7. The van der Waals surface area contributed by atoms with Gasteiger partial charge in [0.15, 0.2) is 6.10 Å². The molecule has 1 aromatic heterocycles. The molecule has 0 aromatic carbocycles. The maximum Gasteiger partial charge on any atom is 0.416 e. The number of hydrogen-bond donors (Lipinski definition) is 1. The predicted molar refractivity (Wildman–Crippen MR) is 62.9 cm³/mol. The lowest BCUT2D eigenvalue weighted by molar-refractivity contribution is -0.216. The van der Waals surface area contributed by atoms with Gasteiger partial charge in [0.1, 0.15) is 5.69 Å². The maximum atomic E-state index is 12.6. The lowest BCUT2D eigenvalue weighted by Crippen LogP contribution is -2.49. The van der Waals surface area contributed by atoms with E-state index in [-0.39, 0.29) is 18.7 Å². The molecule has 0 aliphatic carbocycles. The Kier molecular flexibility index (Phi) is 3.94. The summed E-state index contributed by atoms with van der Waals surface area (Å²) in [5.74, 6) is -0.636. The Hall–Kier alpha value is -1.70. The van der Waals surface area contributed by atoms with Crippen molar-refractivity contribution in [3.8, 4) is 0 Å². The highest BCUT2D eigenvalue weighted by molar-refractivity contribution is 5.92. The topological polar surface area (TPSA) is 66.3 Å². The summed E-state index contributed by atoms with van der Waals surface area (Å²) in [4.78, 5) is 20.9. The fraction of sp³-hybridized carbons (Fsp3) is 0.583. The zero-order chi connectivity index (χ0) is 14.9. The number of alkyl halides is 3. The minimum atomic E-state index is -4.74.